The number of primary amides is 1. The molecule has 0 saturated carbocycles. The van der Waals surface area contributed by atoms with Crippen molar-refractivity contribution in [3.63, 3.8) is 0 Å². The van der Waals surface area contributed by atoms with Crippen molar-refractivity contribution in [2.45, 2.75) is 6.10 Å². The second kappa shape index (κ2) is 6.07. The number of carbonyl (C=O) groups is 1. The van der Waals surface area contributed by atoms with Gasteiger partial charge in [0.15, 0.2) is 5.69 Å². The fourth-order valence-corrected chi connectivity index (χ4v) is 1.61. The topological polar surface area (TPSA) is 101 Å². The number of aliphatic hydroxyl groups excluding tert-OH is 1. The van der Waals surface area contributed by atoms with Gasteiger partial charge in [-0.05, 0) is 18.2 Å². The van der Waals surface area contributed by atoms with E-state index in [9.17, 15) is 14.3 Å². The van der Waals surface area contributed by atoms with E-state index in [1.807, 2.05) is 0 Å². The molecular formula is C13H13FN4O2. The van der Waals surface area contributed by atoms with Crippen LogP contribution in [0.1, 0.15) is 22.2 Å². The van der Waals surface area contributed by atoms with E-state index in [0.717, 1.165) is 0 Å². The van der Waals surface area contributed by atoms with E-state index >= 15 is 0 Å². The molecule has 1 amide bonds. The van der Waals surface area contributed by atoms with Gasteiger partial charge in [-0.3, -0.25) is 4.79 Å². The van der Waals surface area contributed by atoms with Crippen molar-refractivity contribution in [2.24, 2.45) is 5.73 Å². The molecule has 0 spiro atoms. The molecule has 1 heterocycles. The Morgan fingerprint density at radius 3 is 2.65 bits per heavy atom. The molecule has 2 rings (SSSR count). The molecule has 4 N–H and O–H groups in total. The standard InChI is InChI=1S/C13H13FN4O2/c14-9-4-2-1-3-8(9)11(19)7-16-12-6-5-10(13(15)20)17-18-12/h1-6,11,19H,7H2,(H2,15,20)(H,16,18). The number of rotatable bonds is 5. The summed E-state index contributed by atoms with van der Waals surface area (Å²) < 4.78 is 13.4. The molecule has 1 unspecified atom stereocenters. The lowest BCUT2D eigenvalue weighted by Crippen LogP contribution is -2.16. The van der Waals surface area contributed by atoms with Crippen LogP contribution in [0, 0.1) is 5.82 Å². The van der Waals surface area contributed by atoms with Gasteiger partial charge in [-0.15, -0.1) is 10.2 Å². The Balaban J connectivity index is 1.98. The van der Waals surface area contributed by atoms with E-state index in [-0.39, 0.29) is 17.8 Å². The average Bonchev–Trinajstić information content (AvgIpc) is 2.45. The maximum Gasteiger partial charge on any atom is 0.269 e. The van der Waals surface area contributed by atoms with Gasteiger partial charge in [0.05, 0.1) is 6.10 Å². The van der Waals surface area contributed by atoms with Gasteiger partial charge >= 0.3 is 0 Å². The summed E-state index contributed by atoms with van der Waals surface area (Å²) in [6.07, 6.45) is -1.02. The van der Waals surface area contributed by atoms with Crippen LogP contribution in [-0.2, 0) is 0 Å². The summed E-state index contributed by atoms with van der Waals surface area (Å²) in [7, 11) is 0. The fraction of sp³-hybridized carbons (Fsp3) is 0.154. The summed E-state index contributed by atoms with van der Waals surface area (Å²) in [6.45, 7) is 0.0610. The zero-order chi connectivity index (χ0) is 14.5. The number of anilines is 1. The van der Waals surface area contributed by atoms with E-state index < -0.39 is 17.8 Å². The first kappa shape index (κ1) is 13.9. The first-order valence-corrected chi connectivity index (χ1v) is 5.88. The average molecular weight is 276 g/mol. The highest BCUT2D eigenvalue weighted by Crippen LogP contribution is 2.16. The lowest BCUT2D eigenvalue weighted by Gasteiger charge is -2.13. The Morgan fingerprint density at radius 1 is 1.30 bits per heavy atom. The molecule has 104 valence electrons. The summed E-state index contributed by atoms with van der Waals surface area (Å²) >= 11 is 0. The molecule has 0 fully saturated rings. The van der Waals surface area contributed by atoms with Gasteiger partial charge < -0.3 is 16.2 Å². The minimum atomic E-state index is -1.02. The quantitative estimate of drug-likeness (QED) is 0.752. The van der Waals surface area contributed by atoms with Crippen LogP contribution in [0.3, 0.4) is 0 Å². The Bertz CT molecular complexity index is 604. The van der Waals surface area contributed by atoms with E-state index in [4.69, 9.17) is 5.73 Å². The minimum absolute atomic E-state index is 0.0465. The van der Waals surface area contributed by atoms with Crippen molar-refractivity contribution >= 4 is 11.7 Å². The summed E-state index contributed by atoms with van der Waals surface area (Å²) in [4.78, 5) is 10.8. The van der Waals surface area contributed by atoms with E-state index in [1.165, 1.54) is 24.3 Å². The van der Waals surface area contributed by atoms with Crippen molar-refractivity contribution in [1.29, 1.82) is 0 Å². The Hall–Kier alpha value is -2.54. The van der Waals surface area contributed by atoms with Gasteiger partial charge in [-0.25, -0.2) is 4.39 Å². The SMILES string of the molecule is NC(=O)c1ccc(NCC(O)c2ccccc2F)nn1. The third-order valence-corrected chi connectivity index (χ3v) is 2.66. The number of halogens is 1. The first-order chi connectivity index (χ1) is 9.58. The summed E-state index contributed by atoms with van der Waals surface area (Å²) in [5.74, 6) is -0.794. The number of amides is 1. The van der Waals surface area contributed by atoms with E-state index in [1.54, 1.807) is 12.1 Å². The Labute approximate surface area is 114 Å². The predicted molar refractivity (Wildman–Crippen MR) is 70.4 cm³/mol. The van der Waals surface area contributed by atoms with Gasteiger partial charge in [0.25, 0.3) is 5.91 Å². The highest BCUT2D eigenvalue weighted by atomic mass is 19.1. The van der Waals surface area contributed by atoms with Crippen LogP contribution in [0.5, 0.6) is 0 Å². The molecule has 0 saturated heterocycles. The number of nitrogens with one attached hydrogen (secondary N) is 1. The monoisotopic (exact) mass is 276 g/mol. The lowest BCUT2D eigenvalue weighted by atomic mass is 10.1. The molecule has 1 aromatic carbocycles. The zero-order valence-corrected chi connectivity index (χ0v) is 10.5. The lowest BCUT2D eigenvalue weighted by molar-refractivity contribution is 0.0994. The van der Waals surface area contributed by atoms with Crippen LogP contribution < -0.4 is 11.1 Å². The second-order valence-corrected chi connectivity index (χ2v) is 4.09. The van der Waals surface area contributed by atoms with Gasteiger partial charge in [0.1, 0.15) is 11.6 Å². The van der Waals surface area contributed by atoms with Crippen molar-refractivity contribution in [2.75, 3.05) is 11.9 Å². The normalized spacial score (nSPS) is 11.9. The van der Waals surface area contributed by atoms with Gasteiger partial charge in [0, 0.05) is 12.1 Å². The Kier molecular flexibility index (Phi) is 4.21. The largest absolute Gasteiger partial charge is 0.386 e. The minimum Gasteiger partial charge on any atom is -0.386 e. The maximum absolute atomic E-state index is 13.4. The molecule has 2 aromatic rings. The van der Waals surface area contributed by atoms with Crippen molar-refractivity contribution in [1.82, 2.24) is 10.2 Å². The summed E-state index contributed by atoms with van der Waals surface area (Å²) in [5.41, 5.74) is 5.28. The van der Waals surface area contributed by atoms with Crippen molar-refractivity contribution in [3.05, 3.63) is 53.5 Å². The van der Waals surface area contributed by atoms with E-state index in [2.05, 4.69) is 15.5 Å². The summed E-state index contributed by atoms with van der Waals surface area (Å²) in [6, 6.07) is 8.88. The third-order valence-electron chi connectivity index (χ3n) is 2.66. The van der Waals surface area contributed by atoms with Crippen LogP contribution in [-0.4, -0.2) is 27.8 Å². The number of hydrogen-bond donors (Lipinski definition) is 3. The van der Waals surface area contributed by atoms with Crippen LogP contribution in [0.2, 0.25) is 0 Å². The smallest absolute Gasteiger partial charge is 0.269 e. The van der Waals surface area contributed by atoms with Crippen molar-refractivity contribution < 1.29 is 14.3 Å². The van der Waals surface area contributed by atoms with E-state index in [0.29, 0.717) is 5.82 Å². The highest BCUT2D eigenvalue weighted by molar-refractivity contribution is 5.90. The number of nitrogens with zero attached hydrogens (tertiary/aromatic N) is 2. The number of carbonyl (C=O) groups excluding carboxylic acids is 1. The second-order valence-electron chi connectivity index (χ2n) is 4.09. The molecule has 0 bridgehead atoms. The third kappa shape index (κ3) is 3.27. The summed E-state index contributed by atoms with van der Waals surface area (Å²) in [5, 5.41) is 20.0. The molecule has 1 aromatic heterocycles. The van der Waals surface area contributed by atoms with Crippen molar-refractivity contribution in [3.8, 4) is 0 Å². The molecule has 0 aliphatic carbocycles. The molecule has 20 heavy (non-hydrogen) atoms. The highest BCUT2D eigenvalue weighted by Gasteiger charge is 2.12. The molecule has 1 atom stereocenters. The first-order valence-electron chi connectivity index (χ1n) is 5.88. The van der Waals surface area contributed by atoms with Gasteiger partial charge in [-0.2, -0.15) is 0 Å². The number of aromatic nitrogens is 2. The maximum atomic E-state index is 13.4. The fourth-order valence-electron chi connectivity index (χ4n) is 1.61. The molecular weight excluding hydrogens is 263 g/mol. The zero-order valence-electron chi connectivity index (χ0n) is 10.5. The van der Waals surface area contributed by atoms with Gasteiger partial charge in [0.2, 0.25) is 0 Å². The van der Waals surface area contributed by atoms with Crippen LogP contribution in [0.4, 0.5) is 10.2 Å². The number of aliphatic hydroxyl groups is 1. The van der Waals surface area contributed by atoms with Crippen LogP contribution in [0.15, 0.2) is 36.4 Å². The Morgan fingerprint density at radius 2 is 2.05 bits per heavy atom. The number of nitrogens with two attached hydrogens (primary N) is 1. The van der Waals surface area contributed by atoms with Crippen LogP contribution in [0.25, 0.3) is 0 Å². The number of benzene rings is 1. The predicted octanol–water partition coefficient (Wildman–Crippen LogP) is 0.860. The molecule has 7 heteroatoms. The van der Waals surface area contributed by atoms with Crippen LogP contribution >= 0.6 is 0 Å². The molecule has 0 radical (unpaired) electrons. The molecule has 6 nitrogen and oxygen atoms in total. The number of hydrogen-bond acceptors (Lipinski definition) is 5. The molecule has 0 aliphatic heterocycles. The van der Waals surface area contributed by atoms with Gasteiger partial charge in [-0.1, -0.05) is 18.2 Å². The molecule has 0 aliphatic rings.